The van der Waals surface area contributed by atoms with Crippen molar-refractivity contribution < 1.29 is 19.1 Å². The Labute approximate surface area is 92.1 Å². The van der Waals surface area contributed by atoms with Crippen LogP contribution in [0, 0.1) is 5.82 Å². The molecule has 0 fully saturated rings. The zero-order chi connectivity index (χ0) is 12.1. The van der Waals surface area contributed by atoms with Crippen LogP contribution in [0.2, 0.25) is 0 Å². The van der Waals surface area contributed by atoms with Crippen molar-refractivity contribution in [3.05, 3.63) is 29.6 Å². The quantitative estimate of drug-likeness (QED) is 0.825. The Morgan fingerprint density at radius 2 is 2.12 bits per heavy atom. The second-order valence-corrected chi connectivity index (χ2v) is 3.30. The highest BCUT2D eigenvalue weighted by molar-refractivity contribution is 5.92. The van der Waals surface area contributed by atoms with Gasteiger partial charge in [0.25, 0.3) is 0 Å². The van der Waals surface area contributed by atoms with Crippen LogP contribution >= 0.6 is 0 Å². The van der Waals surface area contributed by atoms with Gasteiger partial charge >= 0.3 is 5.97 Å². The topological polar surface area (TPSA) is 66.4 Å². The second kappa shape index (κ2) is 5.25. The van der Waals surface area contributed by atoms with Crippen molar-refractivity contribution in [1.29, 1.82) is 0 Å². The molecule has 5 heteroatoms. The monoisotopic (exact) mass is 225 g/mol. The number of amides is 1. The molecule has 0 radical (unpaired) electrons. The summed E-state index contributed by atoms with van der Waals surface area (Å²) in [6, 6.07) is 3.36. The maximum absolute atomic E-state index is 13.3. The summed E-state index contributed by atoms with van der Waals surface area (Å²) in [7, 11) is 0. The fraction of sp³-hybridized carbons (Fsp3) is 0.273. The third-order valence-electron chi connectivity index (χ3n) is 1.97. The molecule has 16 heavy (non-hydrogen) atoms. The van der Waals surface area contributed by atoms with E-state index in [0.29, 0.717) is 12.8 Å². The Morgan fingerprint density at radius 3 is 2.62 bits per heavy atom. The van der Waals surface area contributed by atoms with Crippen molar-refractivity contribution in [2.24, 2.45) is 0 Å². The van der Waals surface area contributed by atoms with E-state index in [9.17, 15) is 14.0 Å². The molecule has 0 spiro atoms. The van der Waals surface area contributed by atoms with Gasteiger partial charge in [0.05, 0.1) is 11.3 Å². The van der Waals surface area contributed by atoms with Gasteiger partial charge in [0.2, 0.25) is 5.91 Å². The Hall–Kier alpha value is -1.91. The molecule has 0 saturated heterocycles. The number of halogens is 1. The van der Waals surface area contributed by atoms with Gasteiger partial charge in [0.1, 0.15) is 5.82 Å². The Morgan fingerprint density at radius 1 is 1.44 bits per heavy atom. The van der Waals surface area contributed by atoms with Crippen LogP contribution in [0.4, 0.5) is 10.1 Å². The fourth-order valence-corrected chi connectivity index (χ4v) is 1.19. The molecular weight excluding hydrogens is 213 g/mol. The van der Waals surface area contributed by atoms with Crippen molar-refractivity contribution >= 4 is 17.6 Å². The van der Waals surface area contributed by atoms with E-state index in [1.807, 2.05) is 6.92 Å². The molecule has 0 aliphatic rings. The zero-order valence-electron chi connectivity index (χ0n) is 8.79. The summed E-state index contributed by atoms with van der Waals surface area (Å²) in [6.07, 6.45) is 0.973. The lowest BCUT2D eigenvalue weighted by Gasteiger charge is -2.06. The molecule has 0 aromatic heterocycles. The van der Waals surface area contributed by atoms with Crippen LogP contribution in [-0.2, 0) is 4.79 Å². The first kappa shape index (κ1) is 12.2. The van der Waals surface area contributed by atoms with Crippen LogP contribution in [0.25, 0.3) is 0 Å². The van der Waals surface area contributed by atoms with Gasteiger partial charge in [-0.25, -0.2) is 9.18 Å². The Balaban J connectivity index is 2.83. The van der Waals surface area contributed by atoms with Gasteiger partial charge in [0, 0.05) is 6.42 Å². The number of rotatable bonds is 4. The predicted octanol–water partition coefficient (Wildman–Crippen LogP) is 2.26. The Kier molecular flexibility index (Phi) is 3.99. The minimum Gasteiger partial charge on any atom is -0.478 e. The summed E-state index contributed by atoms with van der Waals surface area (Å²) in [6.45, 7) is 1.84. The van der Waals surface area contributed by atoms with Gasteiger partial charge in [-0.05, 0) is 24.6 Å². The average molecular weight is 225 g/mol. The number of anilines is 1. The Bertz CT molecular complexity index is 418. The molecule has 0 bridgehead atoms. The molecule has 4 nitrogen and oxygen atoms in total. The van der Waals surface area contributed by atoms with Crippen molar-refractivity contribution in [3.8, 4) is 0 Å². The van der Waals surface area contributed by atoms with Crippen molar-refractivity contribution in [2.75, 3.05) is 5.32 Å². The first-order valence-corrected chi connectivity index (χ1v) is 4.87. The van der Waals surface area contributed by atoms with Gasteiger partial charge in [-0.3, -0.25) is 4.79 Å². The molecule has 1 aromatic carbocycles. The van der Waals surface area contributed by atoms with E-state index in [0.717, 1.165) is 6.07 Å². The summed E-state index contributed by atoms with van der Waals surface area (Å²) in [5, 5.41) is 11.0. The number of carbonyl (C=O) groups is 2. The number of benzene rings is 1. The molecule has 0 saturated carbocycles. The summed E-state index contributed by atoms with van der Waals surface area (Å²) >= 11 is 0. The highest BCUT2D eigenvalue weighted by Gasteiger charge is 2.09. The van der Waals surface area contributed by atoms with E-state index in [-0.39, 0.29) is 17.2 Å². The van der Waals surface area contributed by atoms with Crippen molar-refractivity contribution in [2.45, 2.75) is 19.8 Å². The van der Waals surface area contributed by atoms with E-state index < -0.39 is 11.8 Å². The highest BCUT2D eigenvalue weighted by atomic mass is 19.1. The van der Waals surface area contributed by atoms with E-state index in [2.05, 4.69) is 5.32 Å². The van der Waals surface area contributed by atoms with E-state index >= 15 is 0 Å². The molecule has 0 atom stereocenters. The number of hydrogen-bond acceptors (Lipinski definition) is 2. The molecule has 2 N–H and O–H groups in total. The van der Waals surface area contributed by atoms with Crippen LogP contribution in [0.15, 0.2) is 18.2 Å². The summed E-state index contributed by atoms with van der Waals surface area (Å²) in [5.74, 6) is -2.24. The third-order valence-corrected chi connectivity index (χ3v) is 1.97. The number of aromatic carboxylic acids is 1. The van der Waals surface area contributed by atoms with Crippen LogP contribution < -0.4 is 5.32 Å². The molecule has 1 amide bonds. The largest absolute Gasteiger partial charge is 0.478 e. The molecule has 1 rings (SSSR count). The van der Waals surface area contributed by atoms with Crippen LogP contribution in [-0.4, -0.2) is 17.0 Å². The minimum absolute atomic E-state index is 0.00319. The van der Waals surface area contributed by atoms with Gasteiger partial charge in [0.15, 0.2) is 0 Å². The lowest BCUT2D eigenvalue weighted by Crippen LogP contribution is -2.12. The van der Waals surface area contributed by atoms with Gasteiger partial charge in [-0.2, -0.15) is 0 Å². The number of carboxylic acids is 1. The fourth-order valence-electron chi connectivity index (χ4n) is 1.19. The smallest absolute Gasteiger partial charge is 0.335 e. The summed E-state index contributed by atoms with van der Waals surface area (Å²) < 4.78 is 13.3. The average Bonchev–Trinajstić information content (AvgIpc) is 2.21. The molecule has 0 aliphatic carbocycles. The van der Waals surface area contributed by atoms with Crippen molar-refractivity contribution in [3.63, 3.8) is 0 Å². The maximum atomic E-state index is 13.3. The number of nitrogens with one attached hydrogen (secondary N) is 1. The molecule has 0 aliphatic heterocycles. The van der Waals surface area contributed by atoms with E-state index in [1.54, 1.807) is 0 Å². The highest BCUT2D eigenvalue weighted by Crippen LogP contribution is 2.16. The molecule has 86 valence electrons. The van der Waals surface area contributed by atoms with Gasteiger partial charge in [-0.1, -0.05) is 6.92 Å². The maximum Gasteiger partial charge on any atom is 0.335 e. The first-order chi connectivity index (χ1) is 7.54. The lowest BCUT2D eigenvalue weighted by molar-refractivity contribution is -0.116. The molecule has 0 heterocycles. The molecule has 0 unspecified atom stereocenters. The van der Waals surface area contributed by atoms with E-state index in [1.165, 1.54) is 12.1 Å². The summed E-state index contributed by atoms with van der Waals surface area (Å²) in [5.41, 5.74) is -0.144. The van der Waals surface area contributed by atoms with Crippen LogP contribution in [0.3, 0.4) is 0 Å². The van der Waals surface area contributed by atoms with E-state index in [4.69, 9.17) is 5.11 Å². The predicted molar refractivity (Wildman–Crippen MR) is 56.9 cm³/mol. The van der Waals surface area contributed by atoms with Gasteiger partial charge < -0.3 is 10.4 Å². The zero-order valence-corrected chi connectivity index (χ0v) is 8.79. The number of carboxylic acid groups (broad SMARTS) is 1. The van der Waals surface area contributed by atoms with Crippen LogP contribution in [0.5, 0.6) is 0 Å². The number of hydrogen-bond donors (Lipinski definition) is 2. The molecule has 1 aromatic rings. The minimum atomic E-state index is -1.20. The van der Waals surface area contributed by atoms with Crippen LogP contribution in [0.1, 0.15) is 30.1 Å². The standard InChI is InChI=1S/C11H12FNO3/c1-2-3-10(14)13-9-5-4-7(11(15)16)6-8(9)12/h4-6H,2-3H2,1H3,(H,13,14)(H,15,16). The molecular formula is C11H12FNO3. The second-order valence-electron chi connectivity index (χ2n) is 3.30. The first-order valence-electron chi connectivity index (χ1n) is 4.87. The normalized spacial score (nSPS) is 9.88. The summed E-state index contributed by atoms with van der Waals surface area (Å²) in [4.78, 5) is 21.7. The third kappa shape index (κ3) is 3.05. The lowest BCUT2D eigenvalue weighted by atomic mass is 10.2. The SMILES string of the molecule is CCCC(=O)Nc1ccc(C(=O)O)cc1F. The number of carbonyl (C=O) groups excluding carboxylic acids is 1. The van der Waals surface area contributed by atoms with Crippen molar-refractivity contribution in [1.82, 2.24) is 0 Å². The van der Waals surface area contributed by atoms with Gasteiger partial charge in [-0.15, -0.1) is 0 Å².